The van der Waals surface area contributed by atoms with Crippen molar-refractivity contribution in [1.29, 1.82) is 0 Å². The number of halogens is 3. The van der Waals surface area contributed by atoms with Gasteiger partial charge in [-0.25, -0.2) is 4.98 Å². The molecule has 32 heavy (non-hydrogen) atoms. The summed E-state index contributed by atoms with van der Waals surface area (Å²) in [6.07, 6.45) is 0.302. The van der Waals surface area contributed by atoms with Gasteiger partial charge in [0.05, 0.1) is 17.2 Å². The third-order valence-corrected chi connectivity index (χ3v) is 7.02. The molecule has 1 N–H and O–H groups in total. The predicted octanol–water partition coefficient (Wildman–Crippen LogP) is 4.77. The number of anilines is 1. The van der Waals surface area contributed by atoms with Crippen LogP contribution >= 0.6 is 11.8 Å². The van der Waals surface area contributed by atoms with E-state index in [1.165, 1.54) is 6.07 Å². The van der Waals surface area contributed by atoms with E-state index in [-0.39, 0.29) is 18.1 Å². The van der Waals surface area contributed by atoms with Crippen LogP contribution in [0.2, 0.25) is 0 Å². The lowest BCUT2D eigenvalue weighted by atomic mass is 10.0. The third-order valence-electron chi connectivity index (χ3n) is 5.81. The highest BCUT2D eigenvalue weighted by Crippen LogP contribution is 2.30. The van der Waals surface area contributed by atoms with Crippen LogP contribution in [0.5, 0.6) is 0 Å². The van der Waals surface area contributed by atoms with Crippen LogP contribution in [-0.4, -0.2) is 48.5 Å². The van der Waals surface area contributed by atoms with Gasteiger partial charge in [-0.15, -0.1) is 11.8 Å². The van der Waals surface area contributed by atoms with Gasteiger partial charge in [-0.1, -0.05) is 12.1 Å². The highest BCUT2D eigenvalue weighted by molar-refractivity contribution is 7.99. The van der Waals surface area contributed by atoms with Gasteiger partial charge in [-0.2, -0.15) is 13.2 Å². The molecule has 2 aliphatic heterocycles. The van der Waals surface area contributed by atoms with Gasteiger partial charge in [0, 0.05) is 42.6 Å². The molecule has 172 valence electrons. The molecule has 0 bridgehead atoms. The second kappa shape index (κ2) is 10.1. The molecule has 1 aromatic carbocycles. The van der Waals surface area contributed by atoms with Crippen molar-refractivity contribution in [3.8, 4) is 0 Å². The van der Waals surface area contributed by atoms with Crippen LogP contribution in [-0.2, 0) is 10.9 Å². The Hall–Kier alpha value is -2.26. The topological polar surface area (TPSA) is 54.5 Å². The molecule has 1 atom stereocenters. The number of piperidine rings is 1. The van der Waals surface area contributed by atoms with Gasteiger partial charge in [-0.3, -0.25) is 4.79 Å². The van der Waals surface area contributed by atoms with E-state index in [0.29, 0.717) is 37.3 Å². The maximum absolute atomic E-state index is 12.9. The molecule has 4 rings (SSSR count). The van der Waals surface area contributed by atoms with Crippen LogP contribution in [0.1, 0.15) is 41.6 Å². The highest BCUT2D eigenvalue weighted by atomic mass is 32.2. The number of rotatable bonds is 6. The van der Waals surface area contributed by atoms with E-state index in [1.54, 1.807) is 11.8 Å². The maximum atomic E-state index is 12.9. The van der Waals surface area contributed by atoms with E-state index in [2.05, 4.69) is 10.3 Å². The number of ether oxygens (including phenoxy) is 1. The van der Waals surface area contributed by atoms with Gasteiger partial charge in [0.15, 0.2) is 0 Å². The molecule has 2 aliphatic rings. The van der Waals surface area contributed by atoms with Gasteiger partial charge in [0.2, 0.25) is 0 Å². The molecular weight excluding hydrogens is 439 g/mol. The second-order valence-corrected chi connectivity index (χ2v) is 9.14. The van der Waals surface area contributed by atoms with E-state index in [0.717, 1.165) is 42.4 Å². The summed E-state index contributed by atoms with van der Waals surface area (Å²) >= 11 is 1.65. The van der Waals surface area contributed by atoms with E-state index in [9.17, 15) is 18.0 Å². The molecule has 2 aromatic rings. The molecule has 2 fully saturated rings. The zero-order chi connectivity index (χ0) is 22.6. The number of carbonyl (C=O) groups is 1. The van der Waals surface area contributed by atoms with Crippen LogP contribution in [0.15, 0.2) is 47.5 Å². The Balaban J connectivity index is 1.30. The normalized spacial score (nSPS) is 19.8. The predicted molar refractivity (Wildman–Crippen MR) is 118 cm³/mol. The summed E-state index contributed by atoms with van der Waals surface area (Å²) in [7, 11) is 0. The number of aromatic nitrogens is 1. The molecule has 0 radical (unpaired) electrons. The van der Waals surface area contributed by atoms with E-state index in [1.807, 2.05) is 29.2 Å². The number of carbonyl (C=O) groups excluding carboxylic acids is 1. The van der Waals surface area contributed by atoms with Crippen LogP contribution < -0.4 is 10.2 Å². The Bertz CT molecular complexity index is 909. The zero-order valence-corrected chi connectivity index (χ0v) is 18.4. The molecular formula is C23H26F3N3O2S. The number of thioether (sulfide) groups is 1. The molecule has 0 spiro atoms. The molecule has 1 unspecified atom stereocenters. The van der Waals surface area contributed by atoms with Crippen molar-refractivity contribution in [3.63, 3.8) is 0 Å². The van der Waals surface area contributed by atoms with Crippen molar-refractivity contribution >= 4 is 23.5 Å². The quantitative estimate of drug-likeness (QED) is 0.623. The fourth-order valence-corrected chi connectivity index (χ4v) is 5.11. The number of nitrogens with one attached hydrogen (secondary N) is 1. The van der Waals surface area contributed by atoms with Crippen molar-refractivity contribution in [2.45, 2.75) is 48.9 Å². The molecule has 9 heteroatoms. The number of pyridine rings is 1. The Morgan fingerprint density at radius 2 is 1.94 bits per heavy atom. The van der Waals surface area contributed by atoms with Crippen LogP contribution in [0.4, 0.5) is 19.0 Å². The van der Waals surface area contributed by atoms with Crippen LogP contribution in [0, 0.1) is 0 Å². The number of benzene rings is 1. The second-order valence-electron chi connectivity index (χ2n) is 8.08. The molecule has 1 amide bonds. The van der Waals surface area contributed by atoms with E-state index in [4.69, 9.17) is 4.74 Å². The van der Waals surface area contributed by atoms with Crippen LogP contribution in [0.3, 0.4) is 0 Å². The number of hydrogen-bond acceptors (Lipinski definition) is 5. The minimum Gasteiger partial charge on any atom is -0.377 e. The minimum atomic E-state index is -4.39. The summed E-state index contributed by atoms with van der Waals surface area (Å²) in [5.41, 5.74) is -0.0817. The van der Waals surface area contributed by atoms with Gasteiger partial charge in [0.25, 0.3) is 5.91 Å². The minimum absolute atomic E-state index is 0.0180. The van der Waals surface area contributed by atoms with Gasteiger partial charge >= 0.3 is 6.18 Å². The number of alkyl halides is 3. The van der Waals surface area contributed by atoms with Crippen LogP contribution in [0.25, 0.3) is 0 Å². The van der Waals surface area contributed by atoms with E-state index >= 15 is 0 Å². The molecule has 0 saturated carbocycles. The first-order valence-electron chi connectivity index (χ1n) is 10.8. The molecule has 2 saturated heterocycles. The summed E-state index contributed by atoms with van der Waals surface area (Å²) in [6.45, 7) is 2.06. The van der Waals surface area contributed by atoms with Gasteiger partial charge in [-0.05, 0) is 49.9 Å². The first-order chi connectivity index (χ1) is 15.4. The lowest BCUT2D eigenvalue weighted by Crippen LogP contribution is -2.45. The lowest BCUT2D eigenvalue weighted by molar-refractivity contribution is -0.137. The maximum Gasteiger partial charge on any atom is 0.417 e. The van der Waals surface area contributed by atoms with Gasteiger partial charge in [0.1, 0.15) is 5.82 Å². The van der Waals surface area contributed by atoms with Gasteiger partial charge < -0.3 is 15.0 Å². The number of nitrogens with zero attached hydrogens (tertiary/aromatic N) is 2. The SMILES string of the molecule is O=C(NC1CCN(c2ccc(C(F)(F)F)cn2)CC1)c1ccccc1SCC1CCCO1. The standard InChI is InChI=1S/C23H26F3N3O2S/c24-23(25,26)16-7-8-21(27-14-16)29-11-9-17(10-12-29)28-22(30)19-5-1-2-6-20(19)32-15-18-4-3-13-31-18/h1-2,5-8,14,17-18H,3-4,9-13,15H2,(H,28,30). The third kappa shape index (κ3) is 5.75. The first kappa shape index (κ1) is 22.9. The Labute approximate surface area is 189 Å². The Morgan fingerprint density at radius 1 is 1.16 bits per heavy atom. The largest absolute Gasteiger partial charge is 0.417 e. The van der Waals surface area contributed by atoms with Crippen molar-refractivity contribution in [1.82, 2.24) is 10.3 Å². The van der Waals surface area contributed by atoms with Crippen molar-refractivity contribution in [3.05, 3.63) is 53.7 Å². The van der Waals surface area contributed by atoms with Crippen molar-refractivity contribution in [2.75, 3.05) is 30.3 Å². The van der Waals surface area contributed by atoms with E-state index < -0.39 is 11.7 Å². The summed E-state index contributed by atoms with van der Waals surface area (Å²) in [5.74, 6) is 1.27. The fraction of sp³-hybridized carbons (Fsp3) is 0.478. The molecule has 1 aromatic heterocycles. The number of hydrogen-bond donors (Lipinski definition) is 1. The summed E-state index contributed by atoms with van der Waals surface area (Å²) in [5, 5.41) is 3.13. The molecule has 0 aliphatic carbocycles. The zero-order valence-electron chi connectivity index (χ0n) is 17.6. The fourth-order valence-electron chi connectivity index (χ4n) is 4.00. The van der Waals surface area contributed by atoms with Crippen molar-refractivity contribution in [2.24, 2.45) is 0 Å². The Morgan fingerprint density at radius 3 is 2.59 bits per heavy atom. The molecule has 3 heterocycles. The van der Waals surface area contributed by atoms with Crippen molar-refractivity contribution < 1.29 is 22.7 Å². The highest BCUT2D eigenvalue weighted by Gasteiger charge is 2.31. The summed E-state index contributed by atoms with van der Waals surface area (Å²) in [6, 6.07) is 10.1. The molecule has 5 nitrogen and oxygen atoms in total. The number of amides is 1. The first-order valence-corrected chi connectivity index (χ1v) is 11.8. The lowest BCUT2D eigenvalue weighted by Gasteiger charge is -2.33. The Kier molecular flexibility index (Phi) is 7.25. The summed E-state index contributed by atoms with van der Waals surface area (Å²) < 4.78 is 43.9. The average Bonchev–Trinajstić information content (AvgIpc) is 3.32. The smallest absolute Gasteiger partial charge is 0.377 e. The average molecular weight is 466 g/mol. The monoisotopic (exact) mass is 465 g/mol. The summed E-state index contributed by atoms with van der Waals surface area (Å²) in [4.78, 5) is 19.8.